The monoisotopic (exact) mass is 565 g/mol. The molecule has 2 aromatic carbocycles. The van der Waals surface area contributed by atoms with E-state index in [0.29, 0.717) is 0 Å². The fourth-order valence-electron chi connectivity index (χ4n) is 7.53. The third-order valence-electron chi connectivity index (χ3n) is 10.2. The lowest BCUT2D eigenvalue weighted by Crippen LogP contribution is -2.22. The van der Waals surface area contributed by atoms with Gasteiger partial charge in [0.25, 0.3) is 0 Å². The Morgan fingerprint density at radius 3 is 2.10 bits per heavy atom. The highest BCUT2D eigenvalue weighted by atomic mass is 35.5. The number of rotatable bonds is 5. The van der Waals surface area contributed by atoms with E-state index < -0.39 is 0 Å². The molecule has 0 N–H and O–H groups in total. The fraction of sp³-hybridized carbons (Fsp3) is 0.436. The number of likely N-dealkylation sites (N-methyl/N-ethyl adjacent to an activating group) is 1. The summed E-state index contributed by atoms with van der Waals surface area (Å²) in [6, 6.07) is 9.64. The minimum atomic E-state index is -0.0468. The highest BCUT2D eigenvalue weighted by molar-refractivity contribution is 6.32. The zero-order chi connectivity index (χ0) is 29.9. The van der Waals surface area contributed by atoms with Gasteiger partial charge in [-0.15, -0.1) is 0 Å². The van der Waals surface area contributed by atoms with Crippen LogP contribution in [0.25, 0.3) is 5.57 Å². The van der Waals surface area contributed by atoms with Crippen molar-refractivity contribution in [3.05, 3.63) is 115 Å². The molecule has 0 saturated heterocycles. The molecule has 3 aliphatic rings. The summed E-state index contributed by atoms with van der Waals surface area (Å²) in [6.07, 6.45) is 14.6. The molecule has 1 heterocycles. The van der Waals surface area contributed by atoms with Crippen LogP contribution in [0.15, 0.2) is 76.0 Å². The Kier molecular flexibility index (Phi) is 7.84. The van der Waals surface area contributed by atoms with Crippen LogP contribution in [0.3, 0.4) is 0 Å². The molecule has 0 aromatic heterocycles. The van der Waals surface area contributed by atoms with Crippen molar-refractivity contribution in [2.24, 2.45) is 0 Å². The minimum Gasteiger partial charge on any atom is -0.347 e. The van der Waals surface area contributed by atoms with Gasteiger partial charge in [0.05, 0.1) is 0 Å². The first-order valence-corrected chi connectivity index (χ1v) is 15.9. The molecule has 216 valence electrons. The quantitative estimate of drug-likeness (QED) is 0.348. The number of hydrogen-bond acceptors (Lipinski definition) is 1. The number of anilines is 1. The molecule has 2 aliphatic carbocycles. The average molecular weight is 566 g/mol. The Morgan fingerprint density at radius 2 is 1.44 bits per heavy atom. The van der Waals surface area contributed by atoms with E-state index >= 15 is 0 Å². The van der Waals surface area contributed by atoms with Crippen molar-refractivity contribution in [3.8, 4) is 0 Å². The molecule has 5 rings (SSSR count). The van der Waals surface area contributed by atoms with Crippen LogP contribution < -0.4 is 4.90 Å². The highest BCUT2D eigenvalue weighted by Gasteiger charge is 2.39. The summed E-state index contributed by atoms with van der Waals surface area (Å²) < 4.78 is 0. The van der Waals surface area contributed by atoms with Gasteiger partial charge in [-0.25, -0.2) is 0 Å². The van der Waals surface area contributed by atoms with Crippen molar-refractivity contribution in [3.63, 3.8) is 0 Å². The zero-order valence-corrected chi connectivity index (χ0v) is 27.7. The summed E-state index contributed by atoms with van der Waals surface area (Å²) in [5, 5.41) is 0.931. The van der Waals surface area contributed by atoms with Gasteiger partial charge in [-0.05, 0) is 126 Å². The molecule has 0 fully saturated rings. The molecule has 41 heavy (non-hydrogen) atoms. The van der Waals surface area contributed by atoms with Gasteiger partial charge in [-0.3, -0.25) is 0 Å². The molecule has 2 aromatic rings. The molecule has 1 nitrogen and oxygen atoms in total. The predicted octanol–water partition coefficient (Wildman–Crippen LogP) is 11.0. The maximum absolute atomic E-state index is 7.13. The maximum atomic E-state index is 7.13. The van der Waals surface area contributed by atoms with Gasteiger partial charge in [0.1, 0.15) is 0 Å². The average Bonchev–Trinajstić information content (AvgIpc) is 3.22. The van der Waals surface area contributed by atoms with Crippen LogP contribution in [0.1, 0.15) is 107 Å². The highest BCUT2D eigenvalue weighted by Crippen LogP contribution is 2.49. The van der Waals surface area contributed by atoms with E-state index in [0.717, 1.165) is 37.1 Å². The second kappa shape index (κ2) is 10.8. The summed E-state index contributed by atoms with van der Waals surface area (Å²) >= 11 is 7.13. The van der Waals surface area contributed by atoms with E-state index in [1.165, 1.54) is 72.6 Å². The fourth-order valence-corrected chi connectivity index (χ4v) is 7.85. The molecule has 0 radical (unpaired) electrons. The van der Waals surface area contributed by atoms with Gasteiger partial charge in [-0.1, -0.05) is 89.6 Å². The number of halogens is 1. The molecule has 0 saturated carbocycles. The van der Waals surface area contributed by atoms with E-state index in [2.05, 4.69) is 123 Å². The van der Waals surface area contributed by atoms with Crippen LogP contribution in [-0.2, 0) is 23.7 Å². The van der Waals surface area contributed by atoms with Crippen LogP contribution in [0.4, 0.5) is 5.69 Å². The van der Waals surface area contributed by atoms with Crippen molar-refractivity contribution in [2.75, 3.05) is 11.9 Å². The van der Waals surface area contributed by atoms with Gasteiger partial charge >= 0.3 is 0 Å². The first kappa shape index (κ1) is 29.7. The Bertz CT molecular complexity index is 1570. The lowest BCUT2D eigenvalue weighted by molar-refractivity contribution is 0.639. The third-order valence-corrected chi connectivity index (χ3v) is 10.7. The number of aryl methyl sites for hydroxylation is 4. The Labute approximate surface area is 254 Å². The molecule has 0 atom stereocenters. The van der Waals surface area contributed by atoms with Gasteiger partial charge in [0.2, 0.25) is 0 Å². The molecule has 0 amide bonds. The van der Waals surface area contributed by atoms with Gasteiger partial charge < -0.3 is 4.90 Å². The second-order valence-corrected chi connectivity index (χ2v) is 13.8. The summed E-state index contributed by atoms with van der Waals surface area (Å²) in [4.78, 5) is 2.38. The van der Waals surface area contributed by atoms with Crippen LogP contribution in [0.5, 0.6) is 0 Å². The molecule has 2 heteroatoms. The van der Waals surface area contributed by atoms with E-state index in [4.69, 9.17) is 11.6 Å². The molecule has 0 unspecified atom stereocenters. The van der Waals surface area contributed by atoms with Crippen molar-refractivity contribution >= 4 is 22.9 Å². The van der Waals surface area contributed by atoms with Crippen molar-refractivity contribution in [2.45, 2.75) is 105 Å². The number of hydrogen-bond donors (Lipinski definition) is 0. The Morgan fingerprint density at radius 1 is 0.805 bits per heavy atom. The first-order valence-electron chi connectivity index (χ1n) is 15.5. The third kappa shape index (κ3) is 4.89. The molecular weight excluding hydrogens is 518 g/mol. The summed E-state index contributed by atoms with van der Waals surface area (Å²) in [7, 11) is 2.21. The lowest BCUT2D eigenvalue weighted by Gasteiger charge is -2.25. The number of nitrogens with zero attached hydrogens (tertiary/aromatic N) is 1. The largest absolute Gasteiger partial charge is 0.347 e. The van der Waals surface area contributed by atoms with Crippen LogP contribution >= 0.6 is 11.6 Å². The Hall–Kier alpha value is -2.77. The van der Waals surface area contributed by atoms with Gasteiger partial charge in [0.15, 0.2) is 0 Å². The van der Waals surface area contributed by atoms with Crippen molar-refractivity contribution in [1.82, 2.24) is 0 Å². The zero-order valence-electron chi connectivity index (χ0n) is 27.0. The van der Waals surface area contributed by atoms with Gasteiger partial charge in [0, 0.05) is 34.3 Å². The standard InChI is InChI=1S/C39H48ClN/c1-11-27-22-31-26(5)32(38(6,7)33(31)20-24(27)3)18-16-29-14-13-15-30(37(29)40)17-19-36-39(8,9)34-21-25(4)28(12-2)23-35(34)41(36)10/h16-23H,11-15H2,1-10H3/b18-16+,30-17+,36-19-. The summed E-state index contributed by atoms with van der Waals surface area (Å²) in [6.45, 7) is 20.7. The molecule has 1 aliphatic heterocycles. The number of fused-ring (bicyclic) bond motifs is 2. The SMILES string of the molecule is CCc1cc2c(cc1C)C(C)(C)C(/C=C/C1=C(Cl)C(=C/C=C3\N(C)c4cc(CC)c(C)cc4C3(C)C)/CCC1)=C2C. The topological polar surface area (TPSA) is 3.24 Å². The first-order chi connectivity index (χ1) is 19.3. The van der Waals surface area contributed by atoms with Crippen molar-refractivity contribution < 1.29 is 0 Å². The van der Waals surface area contributed by atoms with Crippen molar-refractivity contribution in [1.29, 1.82) is 0 Å². The predicted molar refractivity (Wildman–Crippen MR) is 180 cm³/mol. The lowest BCUT2D eigenvalue weighted by atomic mass is 9.79. The number of benzene rings is 2. The van der Waals surface area contributed by atoms with Crippen LogP contribution in [-0.4, -0.2) is 7.05 Å². The van der Waals surface area contributed by atoms with E-state index in [9.17, 15) is 0 Å². The summed E-state index contributed by atoms with van der Waals surface area (Å²) in [5.41, 5.74) is 17.9. The minimum absolute atomic E-state index is 0.0125. The van der Waals surface area contributed by atoms with Crippen LogP contribution in [0, 0.1) is 13.8 Å². The molecular formula is C39H48ClN. The second-order valence-electron chi connectivity index (χ2n) is 13.4. The maximum Gasteiger partial charge on any atom is 0.0469 e. The van der Waals surface area contributed by atoms with Gasteiger partial charge in [-0.2, -0.15) is 0 Å². The Balaban J connectivity index is 1.47. The van der Waals surface area contributed by atoms with E-state index in [1.54, 1.807) is 0 Å². The molecule has 0 bridgehead atoms. The normalized spacial score (nSPS) is 21.6. The van der Waals surface area contributed by atoms with E-state index in [-0.39, 0.29) is 10.8 Å². The molecule has 0 spiro atoms. The summed E-state index contributed by atoms with van der Waals surface area (Å²) in [5.74, 6) is 0. The smallest absolute Gasteiger partial charge is 0.0469 e. The van der Waals surface area contributed by atoms with Crippen LogP contribution in [0.2, 0.25) is 0 Å². The number of allylic oxidation sites excluding steroid dienone is 10. The van der Waals surface area contributed by atoms with E-state index in [1.807, 2.05) is 0 Å².